The summed E-state index contributed by atoms with van der Waals surface area (Å²) in [6.45, 7) is 7.63. The minimum Gasteiger partial charge on any atom is -0.444 e. The third-order valence-electron chi connectivity index (χ3n) is 3.01. The first-order valence-corrected chi connectivity index (χ1v) is 8.02. The van der Waals surface area contributed by atoms with Crippen LogP contribution in [-0.2, 0) is 4.74 Å². The van der Waals surface area contributed by atoms with Crippen molar-refractivity contribution < 1.29 is 14.6 Å². The number of hydrogen-bond acceptors (Lipinski definition) is 3. The lowest BCUT2D eigenvalue weighted by Gasteiger charge is -2.21. The van der Waals surface area contributed by atoms with Crippen LogP contribution in [0.4, 0.5) is 4.79 Å². The van der Waals surface area contributed by atoms with Crippen LogP contribution in [-0.4, -0.2) is 23.0 Å². The fraction of sp³-hybridized carbons (Fsp3) is 0.938. The Morgan fingerprint density at radius 1 is 1.05 bits per heavy atom. The van der Waals surface area contributed by atoms with Gasteiger partial charge in [-0.05, 0) is 33.6 Å². The number of unbranched alkanes of at least 4 members (excludes halogenated alkanes) is 7. The molecule has 0 aromatic heterocycles. The lowest BCUT2D eigenvalue weighted by Crippen LogP contribution is -2.38. The van der Waals surface area contributed by atoms with Gasteiger partial charge in [0.15, 0.2) is 0 Å². The van der Waals surface area contributed by atoms with E-state index in [0.717, 1.165) is 12.8 Å². The molecule has 0 aromatic carbocycles. The van der Waals surface area contributed by atoms with Gasteiger partial charge in [-0.2, -0.15) is 0 Å². The first kappa shape index (κ1) is 19.2. The van der Waals surface area contributed by atoms with E-state index in [1.165, 1.54) is 38.5 Å². The number of hydrogen-bond donors (Lipinski definition) is 2. The van der Waals surface area contributed by atoms with E-state index >= 15 is 0 Å². The largest absolute Gasteiger partial charge is 0.444 e. The summed E-state index contributed by atoms with van der Waals surface area (Å²) >= 11 is 0. The first-order valence-electron chi connectivity index (χ1n) is 8.02. The van der Waals surface area contributed by atoms with Gasteiger partial charge in [-0.3, -0.25) is 5.32 Å². The molecule has 4 heteroatoms. The summed E-state index contributed by atoms with van der Waals surface area (Å²) in [4.78, 5) is 11.4. The van der Waals surface area contributed by atoms with Crippen molar-refractivity contribution in [2.45, 2.75) is 97.3 Å². The van der Waals surface area contributed by atoms with Gasteiger partial charge in [0.1, 0.15) is 11.8 Å². The Morgan fingerprint density at radius 3 is 2.05 bits per heavy atom. The zero-order chi connectivity index (χ0) is 15.4. The number of alkyl carbamates (subject to hydrolysis) is 1. The molecule has 1 unspecified atom stereocenters. The van der Waals surface area contributed by atoms with Gasteiger partial charge in [-0.25, -0.2) is 4.79 Å². The maximum atomic E-state index is 11.4. The summed E-state index contributed by atoms with van der Waals surface area (Å²) in [5.41, 5.74) is -0.526. The van der Waals surface area contributed by atoms with Crippen molar-refractivity contribution in [3.8, 4) is 0 Å². The number of rotatable bonds is 10. The van der Waals surface area contributed by atoms with Gasteiger partial charge in [-0.15, -0.1) is 0 Å². The molecule has 0 aliphatic rings. The number of aliphatic hydroxyl groups is 1. The molecule has 0 spiro atoms. The molecule has 1 atom stereocenters. The molecule has 0 aliphatic carbocycles. The van der Waals surface area contributed by atoms with E-state index in [1.54, 1.807) is 20.8 Å². The summed E-state index contributed by atoms with van der Waals surface area (Å²) in [6.07, 6.45) is 9.03. The summed E-state index contributed by atoms with van der Waals surface area (Å²) in [5.74, 6) is 0. The lowest BCUT2D eigenvalue weighted by atomic mass is 10.1. The van der Waals surface area contributed by atoms with Crippen LogP contribution in [0.15, 0.2) is 0 Å². The molecule has 0 radical (unpaired) electrons. The molecule has 0 saturated heterocycles. The Balaban J connectivity index is 3.45. The Hall–Kier alpha value is -0.770. The second-order valence-corrected chi connectivity index (χ2v) is 6.43. The Morgan fingerprint density at radius 2 is 1.55 bits per heavy atom. The SMILES string of the molecule is CCCCCCCCCCC(O)NC(=O)OC(C)(C)C. The number of aliphatic hydroxyl groups excluding tert-OH is 1. The van der Waals surface area contributed by atoms with Gasteiger partial charge in [0.25, 0.3) is 0 Å². The standard InChI is InChI=1S/C16H33NO3/c1-5-6-7-8-9-10-11-12-13-14(18)17-15(19)20-16(2,3)4/h14,18H,5-13H2,1-4H3,(H,17,19). The minimum atomic E-state index is -0.801. The number of nitrogens with one attached hydrogen (secondary N) is 1. The molecule has 1 amide bonds. The van der Waals surface area contributed by atoms with Gasteiger partial charge in [0.05, 0.1) is 0 Å². The van der Waals surface area contributed by atoms with Crippen LogP contribution >= 0.6 is 0 Å². The van der Waals surface area contributed by atoms with E-state index in [0.29, 0.717) is 6.42 Å². The quantitative estimate of drug-likeness (QED) is 0.463. The highest BCUT2D eigenvalue weighted by Gasteiger charge is 2.17. The highest BCUT2D eigenvalue weighted by atomic mass is 16.6. The molecule has 0 aromatic rings. The maximum Gasteiger partial charge on any atom is 0.409 e. The molecule has 0 bridgehead atoms. The van der Waals surface area contributed by atoms with E-state index in [4.69, 9.17) is 4.74 Å². The van der Waals surface area contributed by atoms with Crippen LogP contribution in [0.1, 0.15) is 85.5 Å². The van der Waals surface area contributed by atoms with Crippen LogP contribution in [0.2, 0.25) is 0 Å². The highest BCUT2D eigenvalue weighted by molar-refractivity contribution is 5.67. The minimum absolute atomic E-state index is 0.526. The molecule has 0 heterocycles. The second-order valence-electron chi connectivity index (χ2n) is 6.43. The molecule has 2 N–H and O–H groups in total. The molecule has 120 valence electrons. The maximum absolute atomic E-state index is 11.4. The van der Waals surface area contributed by atoms with E-state index in [9.17, 15) is 9.90 Å². The van der Waals surface area contributed by atoms with Gasteiger partial charge in [-0.1, -0.05) is 51.9 Å². The van der Waals surface area contributed by atoms with Crippen molar-refractivity contribution in [1.82, 2.24) is 5.32 Å². The Kier molecular flexibility index (Phi) is 10.5. The molecule has 0 fully saturated rings. The molecule has 0 rings (SSSR count). The van der Waals surface area contributed by atoms with E-state index in [-0.39, 0.29) is 0 Å². The van der Waals surface area contributed by atoms with Crippen molar-refractivity contribution in [3.05, 3.63) is 0 Å². The normalized spacial score (nSPS) is 13.1. The third-order valence-corrected chi connectivity index (χ3v) is 3.01. The first-order chi connectivity index (χ1) is 9.35. The van der Waals surface area contributed by atoms with Gasteiger partial charge < -0.3 is 9.84 Å². The molecular weight excluding hydrogens is 254 g/mol. The third kappa shape index (κ3) is 13.7. The Labute approximate surface area is 124 Å². The van der Waals surface area contributed by atoms with E-state index in [2.05, 4.69) is 12.2 Å². The Bertz CT molecular complexity index is 249. The average Bonchev–Trinajstić information content (AvgIpc) is 2.30. The van der Waals surface area contributed by atoms with Gasteiger partial charge >= 0.3 is 6.09 Å². The fourth-order valence-electron chi connectivity index (χ4n) is 1.99. The van der Waals surface area contributed by atoms with Crippen molar-refractivity contribution in [2.75, 3.05) is 0 Å². The number of amides is 1. The van der Waals surface area contributed by atoms with E-state index in [1.807, 2.05) is 0 Å². The van der Waals surface area contributed by atoms with Crippen LogP contribution in [0.3, 0.4) is 0 Å². The number of ether oxygens (including phenoxy) is 1. The number of carbonyl (C=O) groups is 1. The summed E-state index contributed by atoms with van der Waals surface area (Å²) in [6, 6.07) is 0. The van der Waals surface area contributed by atoms with Gasteiger partial charge in [0, 0.05) is 0 Å². The van der Waals surface area contributed by atoms with Crippen molar-refractivity contribution >= 4 is 6.09 Å². The zero-order valence-corrected chi connectivity index (χ0v) is 13.7. The van der Waals surface area contributed by atoms with Crippen LogP contribution in [0.25, 0.3) is 0 Å². The van der Waals surface area contributed by atoms with Crippen molar-refractivity contribution in [1.29, 1.82) is 0 Å². The molecule has 4 nitrogen and oxygen atoms in total. The number of carbonyl (C=O) groups excluding carboxylic acids is 1. The average molecular weight is 287 g/mol. The summed E-state index contributed by atoms with van der Waals surface area (Å²) in [7, 11) is 0. The smallest absolute Gasteiger partial charge is 0.409 e. The summed E-state index contributed by atoms with van der Waals surface area (Å²) in [5, 5.41) is 12.1. The van der Waals surface area contributed by atoms with E-state index < -0.39 is 17.9 Å². The van der Waals surface area contributed by atoms with Crippen LogP contribution in [0.5, 0.6) is 0 Å². The zero-order valence-electron chi connectivity index (χ0n) is 13.7. The van der Waals surface area contributed by atoms with Crippen LogP contribution in [0, 0.1) is 0 Å². The molecular formula is C16H33NO3. The molecule has 0 aliphatic heterocycles. The highest BCUT2D eigenvalue weighted by Crippen LogP contribution is 2.11. The monoisotopic (exact) mass is 287 g/mol. The van der Waals surface area contributed by atoms with Gasteiger partial charge in [0.2, 0.25) is 0 Å². The predicted molar refractivity (Wildman–Crippen MR) is 82.6 cm³/mol. The molecule has 20 heavy (non-hydrogen) atoms. The topological polar surface area (TPSA) is 58.6 Å². The molecule has 0 saturated carbocycles. The van der Waals surface area contributed by atoms with Crippen molar-refractivity contribution in [3.63, 3.8) is 0 Å². The predicted octanol–water partition coefficient (Wildman–Crippen LogP) is 4.36. The van der Waals surface area contributed by atoms with Crippen LogP contribution < -0.4 is 5.32 Å². The lowest BCUT2D eigenvalue weighted by molar-refractivity contribution is 0.0340. The van der Waals surface area contributed by atoms with Crippen molar-refractivity contribution in [2.24, 2.45) is 0 Å². The summed E-state index contributed by atoms with van der Waals surface area (Å²) < 4.78 is 5.08. The fourth-order valence-corrected chi connectivity index (χ4v) is 1.99. The second kappa shape index (κ2) is 11.0.